The highest BCUT2D eigenvalue weighted by Gasteiger charge is 2.28. The van der Waals surface area contributed by atoms with Crippen molar-refractivity contribution in [1.29, 1.82) is 5.26 Å². The molecule has 1 aromatic carbocycles. The highest BCUT2D eigenvalue weighted by Crippen LogP contribution is 2.34. The summed E-state index contributed by atoms with van der Waals surface area (Å²) in [5.41, 5.74) is 2.65. The molecule has 2 aromatic rings. The van der Waals surface area contributed by atoms with Gasteiger partial charge in [-0.2, -0.15) is 5.26 Å². The van der Waals surface area contributed by atoms with Gasteiger partial charge >= 0.3 is 0 Å². The van der Waals surface area contributed by atoms with Crippen LogP contribution in [0, 0.1) is 17.2 Å². The van der Waals surface area contributed by atoms with Crippen molar-refractivity contribution in [3.8, 4) is 6.07 Å². The highest BCUT2D eigenvalue weighted by molar-refractivity contribution is 5.77. The van der Waals surface area contributed by atoms with Gasteiger partial charge in [-0.1, -0.05) is 13.8 Å². The molecule has 1 fully saturated rings. The summed E-state index contributed by atoms with van der Waals surface area (Å²) in [6.07, 6.45) is 2.49. The standard InChI is InChI=1S/C17H21N3O/c1-11(2)10-20-15-6-5-13(9-18)8-14(15)19-17(20)16-7-4-12(3)21-16/h5-6,8,11-12,16H,4,7,10H2,1-3H3. The smallest absolute Gasteiger partial charge is 0.139 e. The summed E-state index contributed by atoms with van der Waals surface area (Å²) in [5.74, 6) is 1.55. The number of fused-ring (bicyclic) bond motifs is 1. The first-order valence-electron chi connectivity index (χ1n) is 7.64. The number of hydrogen-bond acceptors (Lipinski definition) is 3. The number of nitrogens with zero attached hydrogens (tertiary/aromatic N) is 3. The molecule has 3 rings (SSSR count). The molecule has 110 valence electrons. The van der Waals surface area contributed by atoms with Crippen molar-refractivity contribution in [3.05, 3.63) is 29.6 Å². The largest absolute Gasteiger partial charge is 0.367 e. The molecule has 1 aliphatic heterocycles. The zero-order valence-electron chi connectivity index (χ0n) is 12.8. The molecule has 4 nitrogen and oxygen atoms in total. The van der Waals surface area contributed by atoms with Gasteiger partial charge in [0, 0.05) is 6.54 Å². The van der Waals surface area contributed by atoms with Crippen molar-refractivity contribution in [2.24, 2.45) is 5.92 Å². The van der Waals surface area contributed by atoms with Crippen LogP contribution in [0.15, 0.2) is 18.2 Å². The molecule has 2 atom stereocenters. The fourth-order valence-corrected chi connectivity index (χ4v) is 3.01. The summed E-state index contributed by atoms with van der Waals surface area (Å²) in [5, 5.41) is 9.06. The van der Waals surface area contributed by atoms with Gasteiger partial charge in [-0.25, -0.2) is 4.98 Å². The molecule has 0 N–H and O–H groups in total. The molecule has 4 heteroatoms. The van der Waals surface area contributed by atoms with E-state index in [0.717, 1.165) is 36.2 Å². The molecule has 1 aliphatic rings. The number of imidazole rings is 1. The average Bonchev–Trinajstić information content (AvgIpc) is 3.02. The van der Waals surface area contributed by atoms with Gasteiger partial charge in [0.05, 0.1) is 28.8 Å². The molecule has 2 heterocycles. The first-order valence-corrected chi connectivity index (χ1v) is 7.64. The van der Waals surface area contributed by atoms with E-state index in [9.17, 15) is 0 Å². The molecule has 0 aliphatic carbocycles. The van der Waals surface area contributed by atoms with Crippen LogP contribution in [-0.4, -0.2) is 15.7 Å². The van der Waals surface area contributed by atoms with Gasteiger partial charge in [-0.15, -0.1) is 0 Å². The van der Waals surface area contributed by atoms with E-state index in [1.54, 1.807) is 0 Å². The van der Waals surface area contributed by atoms with Gasteiger partial charge in [0.2, 0.25) is 0 Å². The maximum Gasteiger partial charge on any atom is 0.139 e. The van der Waals surface area contributed by atoms with E-state index in [1.165, 1.54) is 0 Å². The number of rotatable bonds is 3. The van der Waals surface area contributed by atoms with E-state index in [2.05, 4.69) is 31.4 Å². The number of hydrogen-bond donors (Lipinski definition) is 0. The van der Waals surface area contributed by atoms with E-state index in [1.807, 2.05) is 18.2 Å². The average molecular weight is 283 g/mol. The van der Waals surface area contributed by atoms with Crippen LogP contribution in [-0.2, 0) is 11.3 Å². The van der Waals surface area contributed by atoms with Gasteiger partial charge in [-0.05, 0) is 43.9 Å². The maximum atomic E-state index is 9.06. The summed E-state index contributed by atoms with van der Waals surface area (Å²) in [6.45, 7) is 7.45. The Labute approximate surface area is 125 Å². The fraction of sp³-hybridized carbons (Fsp3) is 0.529. The normalized spacial score (nSPS) is 22.0. The molecule has 0 radical (unpaired) electrons. The van der Waals surface area contributed by atoms with Crippen LogP contribution in [0.4, 0.5) is 0 Å². The van der Waals surface area contributed by atoms with E-state index in [4.69, 9.17) is 15.0 Å². The van der Waals surface area contributed by atoms with Crippen molar-refractivity contribution >= 4 is 11.0 Å². The number of nitriles is 1. The topological polar surface area (TPSA) is 50.8 Å². The van der Waals surface area contributed by atoms with E-state index >= 15 is 0 Å². The molecule has 1 aromatic heterocycles. The minimum absolute atomic E-state index is 0.0803. The van der Waals surface area contributed by atoms with Crippen LogP contribution < -0.4 is 0 Å². The lowest BCUT2D eigenvalue weighted by Crippen LogP contribution is -2.12. The Kier molecular flexibility index (Phi) is 3.69. The zero-order valence-corrected chi connectivity index (χ0v) is 12.8. The predicted molar refractivity (Wildman–Crippen MR) is 81.8 cm³/mol. The predicted octanol–water partition coefficient (Wildman–Crippen LogP) is 3.80. The van der Waals surface area contributed by atoms with Crippen LogP contribution in [0.2, 0.25) is 0 Å². The molecule has 0 bridgehead atoms. The molecule has 1 saturated heterocycles. The Morgan fingerprint density at radius 3 is 2.86 bits per heavy atom. The second-order valence-electron chi connectivity index (χ2n) is 6.30. The number of benzene rings is 1. The summed E-state index contributed by atoms with van der Waals surface area (Å²) >= 11 is 0. The minimum atomic E-state index is 0.0803. The third-order valence-corrected chi connectivity index (χ3v) is 3.97. The Bertz CT molecular complexity index is 696. The maximum absolute atomic E-state index is 9.06. The van der Waals surface area contributed by atoms with Crippen molar-refractivity contribution in [3.63, 3.8) is 0 Å². The third kappa shape index (κ3) is 2.66. The van der Waals surface area contributed by atoms with Crippen LogP contribution in [0.5, 0.6) is 0 Å². The second kappa shape index (κ2) is 5.50. The zero-order chi connectivity index (χ0) is 15.0. The Morgan fingerprint density at radius 1 is 1.43 bits per heavy atom. The summed E-state index contributed by atoms with van der Waals surface area (Å²) in [6, 6.07) is 7.92. The van der Waals surface area contributed by atoms with Crippen LogP contribution in [0.25, 0.3) is 11.0 Å². The van der Waals surface area contributed by atoms with Gasteiger partial charge in [-0.3, -0.25) is 0 Å². The Balaban J connectivity index is 2.10. The SMILES string of the molecule is CC(C)Cn1c(C2CCC(C)O2)nc2cc(C#N)ccc21. The molecule has 0 amide bonds. The van der Waals surface area contributed by atoms with Gasteiger partial charge in [0.15, 0.2) is 0 Å². The summed E-state index contributed by atoms with van der Waals surface area (Å²) in [7, 11) is 0. The van der Waals surface area contributed by atoms with Crippen molar-refractivity contribution in [1.82, 2.24) is 9.55 Å². The van der Waals surface area contributed by atoms with Gasteiger partial charge in [0.1, 0.15) is 11.9 Å². The lowest BCUT2D eigenvalue weighted by Gasteiger charge is -2.16. The monoisotopic (exact) mass is 283 g/mol. The third-order valence-electron chi connectivity index (χ3n) is 3.97. The number of ether oxygens (including phenoxy) is 1. The first-order chi connectivity index (χ1) is 10.1. The fourth-order valence-electron chi connectivity index (χ4n) is 3.01. The van der Waals surface area contributed by atoms with Gasteiger partial charge in [0.25, 0.3) is 0 Å². The lowest BCUT2D eigenvalue weighted by atomic mass is 10.1. The van der Waals surface area contributed by atoms with Crippen LogP contribution >= 0.6 is 0 Å². The van der Waals surface area contributed by atoms with Gasteiger partial charge < -0.3 is 9.30 Å². The van der Waals surface area contributed by atoms with E-state index in [-0.39, 0.29) is 6.10 Å². The molecule has 0 spiro atoms. The van der Waals surface area contributed by atoms with Crippen molar-refractivity contribution in [2.45, 2.75) is 52.4 Å². The summed E-state index contributed by atoms with van der Waals surface area (Å²) in [4.78, 5) is 4.78. The van der Waals surface area contributed by atoms with Crippen LogP contribution in [0.1, 0.15) is 51.1 Å². The molecular formula is C17H21N3O. The van der Waals surface area contributed by atoms with Crippen LogP contribution in [0.3, 0.4) is 0 Å². The quantitative estimate of drug-likeness (QED) is 0.860. The molecular weight excluding hydrogens is 262 g/mol. The molecule has 21 heavy (non-hydrogen) atoms. The number of aromatic nitrogens is 2. The first kappa shape index (κ1) is 14.1. The van der Waals surface area contributed by atoms with E-state index in [0.29, 0.717) is 17.6 Å². The summed E-state index contributed by atoms with van der Waals surface area (Å²) < 4.78 is 8.28. The van der Waals surface area contributed by atoms with E-state index < -0.39 is 0 Å². The minimum Gasteiger partial charge on any atom is -0.367 e. The highest BCUT2D eigenvalue weighted by atomic mass is 16.5. The second-order valence-corrected chi connectivity index (χ2v) is 6.30. The van der Waals surface area contributed by atoms with Crippen molar-refractivity contribution in [2.75, 3.05) is 0 Å². The molecule has 0 saturated carbocycles. The van der Waals surface area contributed by atoms with Crippen molar-refractivity contribution < 1.29 is 4.74 Å². The Morgan fingerprint density at radius 2 is 2.24 bits per heavy atom. The molecule has 2 unspecified atom stereocenters. The lowest BCUT2D eigenvalue weighted by molar-refractivity contribution is 0.0481. The Hall–Kier alpha value is -1.86.